The molecular formula is C20H23BrN2O4. The van der Waals surface area contributed by atoms with E-state index < -0.39 is 0 Å². The second-order valence-electron chi connectivity index (χ2n) is 6.16. The van der Waals surface area contributed by atoms with E-state index in [9.17, 15) is 4.79 Å². The van der Waals surface area contributed by atoms with Crippen LogP contribution in [0.25, 0.3) is 0 Å². The topological polar surface area (TPSA) is 60.0 Å². The number of anilines is 2. The minimum absolute atomic E-state index is 0.117. The van der Waals surface area contributed by atoms with Crippen molar-refractivity contribution in [1.82, 2.24) is 0 Å². The summed E-state index contributed by atoms with van der Waals surface area (Å²) >= 11 is 3.49. The molecule has 1 saturated heterocycles. The van der Waals surface area contributed by atoms with Gasteiger partial charge in [-0.15, -0.1) is 0 Å². The maximum atomic E-state index is 12.7. The fourth-order valence-corrected chi connectivity index (χ4v) is 3.44. The lowest BCUT2D eigenvalue weighted by Crippen LogP contribution is -2.36. The molecule has 1 amide bonds. The molecule has 7 heteroatoms. The van der Waals surface area contributed by atoms with Crippen molar-refractivity contribution >= 4 is 33.2 Å². The Morgan fingerprint density at radius 2 is 1.93 bits per heavy atom. The molecule has 0 bridgehead atoms. The Kier molecular flexibility index (Phi) is 6.58. The first-order valence-corrected chi connectivity index (χ1v) is 9.53. The highest BCUT2D eigenvalue weighted by Gasteiger charge is 2.17. The number of carbonyl (C=O) groups is 1. The van der Waals surface area contributed by atoms with E-state index in [1.54, 1.807) is 20.3 Å². The van der Waals surface area contributed by atoms with Crippen LogP contribution in [0.5, 0.6) is 11.5 Å². The zero-order valence-electron chi connectivity index (χ0n) is 15.5. The monoisotopic (exact) mass is 434 g/mol. The Labute approximate surface area is 167 Å². The molecule has 144 valence electrons. The number of hydrogen-bond donors (Lipinski definition) is 1. The van der Waals surface area contributed by atoms with Gasteiger partial charge in [0.2, 0.25) is 5.91 Å². The fourth-order valence-electron chi connectivity index (χ4n) is 3.08. The molecule has 0 unspecified atom stereocenters. The van der Waals surface area contributed by atoms with E-state index >= 15 is 0 Å². The second-order valence-corrected chi connectivity index (χ2v) is 7.08. The third-order valence-corrected chi connectivity index (χ3v) is 4.92. The average molecular weight is 435 g/mol. The van der Waals surface area contributed by atoms with Crippen LogP contribution < -0.4 is 19.7 Å². The molecule has 3 rings (SSSR count). The van der Waals surface area contributed by atoms with Gasteiger partial charge in [0.1, 0.15) is 11.5 Å². The second kappa shape index (κ2) is 9.10. The van der Waals surface area contributed by atoms with Gasteiger partial charge in [-0.2, -0.15) is 0 Å². The summed E-state index contributed by atoms with van der Waals surface area (Å²) in [4.78, 5) is 14.9. The number of rotatable bonds is 6. The molecule has 1 N–H and O–H groups in total. The minimum atomic E-state index is -0.117. The quantitative estimate of drug-likeness (QED) is 0.753. The first-order chi connectivity index (χ1) is 13.1. The van der Waals surface area contributed by atoms with E-state index in [-0.39, 0.29) is 12.3 Å². The van der Waals surface area contributed by atoms with Crippen molar-refractivity contribution in [3.63, 3.8) is 0 Å². The number of carbonyl (C=O) groups excluding carboxylic acids is 1. The molecule has 0 spiro atoms. The van der Waals surface area contributed by atoms with Gasteiger partial charge in [-0.25, -0.2) is 0 Å². The van der Waals surface area contributed by atoms with Gasteiger partial charge in [0.05, 0.1) is 45.2 Å². The molecule has 2 aromatic rings. The number of methoxy groups -OCH3 is 2. The van der Waals surface area contributed by atoms with Crippen LogP contribution in [-0.4, -0.2) is 46.4 Å². The predicted octanol–water partition coefficient (Wildman–Crippen LogP) is 3.48. The number of ether oxygens (including phenoxy) is 3. The molecule has 6 nitrogen and oxygen atoms in total. The molecule has 0 aromatic heterocycles. The van der Waals surface area contributed by atoms with Gasteiger partial charge in [-0.3, -0.25) is 4.79 Å². The van der Waals surface area contributed by atoms with Gasteiger partial charge in [0.25, 0.3) is 0 Å². The molecule has 1 aliphatic heterocycles. The standard InChI is InChI=1S/C20H23BrN2O4/c1-25-16-4-6-19(26-2)14(11-16)12-20(24)22-17-13-15(21)3-5-18(17)23-7-9-27-10-8-23/h3-6,11,13H,7-10,12H2,1-2H3,(H,22,24). The van der Waals surface area contributed by atoms with E-state index in [2.05, 4.69) is 26.1 Å². The fraction of sp³-hybridized carbons (Fsp3) is 0.350. The molecule has 1 aliphatic rings. The van der Waals surface area contributed by atoms with Crippen LogP contribution in [0.15, 0.2) is 40.9 Å². The van der Waals surface area contributed by atoms with Crippen LogP contribution >= 0.6 is 15.9 Å². The van der Waals surface area contributed by atoms with Crippen molar-refractivity contribution in [1.29, 1.82) is 0 Å². The van der Waals surface area contributed by atoms with Gasteiger partial charge in [-0.1, -0.05) is 15.9 Å². The number of hydrogen-bond acceptors (Lipinski definition) is 5. The summed E-state index contributed by atoms with van der Waals surface area (Å²) in [5.74, 6) is 1.23. The van der Waals surface area contributed by atoms with Crippen LogP contribution in [0.2, 0.25) is 0 Å². The van der Waals surface area contributed by atoms with E-state index in [4.69, 9.17) is 14.2 Å². The van der Waals surface area contributed by atoms with E-state index in [0.717, 1.165) is 34.5 Å². The van der Waals surface area contributed by atoms with E-state index in [1.165, 1.54) is 0 Å². The summed E-state index contributed by atoms with van der Waals surface area (Å²) in [6.07, 6.45) is 0.190. The average Bonchev–Trinajstić information content (AvgIpc) is 2.68. The van der Waals surface area contributed by atoms with Gasteiger partial charge in [-0.05, 0) is 36.4 Å². The molecule has 0 saturated carbocycles. The summed E-state index contributed by atoms with van der Waals surface area (Å²) in [6.45, 7) is 2.97. The van der Waals surface area contributed by atoms with Gasteiger partial charge >= 0.3 is 0 Å². The van der Waals surface area contributed by atoms with Crippen LogP contribution in [0.1, 0.15) is 5.56 Å². The summed E-state index contributed by atoms with van der Waals surface area (Å²) in [6, 6.07) is 11.3. The van der Waals surface area contributed by atoms with Gasteiger partial charge in [0, 0.05) is 23.1 Å². The number of nitrogens with one attached hydrogen (secondary N) is 1. The zero-order valence-corrected chi connectivity index (χ0v) is 17.0. The Hall–Kier alpha value is -2.25. The largest absolute Gasteiger partial charge is 0.497 e. The van der Waals surface area contributed by atoms with Gasteiger partial charge in [0.15, 0.2) is 0 Å². The summed E-state index contributed by atoms with van der Waals surface area (Å²) in [7, 11) is 3.19. The van der Waals surface area contributed by atoms with E-state index in [0.29, 0.717) is 24.7 Å². The maximum absolute atomic E-state index is 12.7. The van der Waals surface area contributed by atoms with Crippen molar-refractivity contribution in [3.05, 3.63) is 46.4 Å². The molecule has 2 aromatic carbocycles. The van der Waals surface area contributed by atoms with Crippen molar-refractivity contribution in [2.75, 3.05) is 50.7 Å². The molecular weight excluding hydrogens is 412 g/mol. The number of nitrogens with zero attached hydrogens (tertiary/aromatic N) is 1. The Balaban J connectivity index is 1.79. The van der Waals surface area contributed by atoms with Crippen molar-refractivity contribution in [2.24, 2.45) is 0 Å². The number of amides is 1. The molecule has 0 atom stereocenters. The smallest absolute Gasteiger partial charge is 0.228 e. The van der Waals surface area contributed by atoms with Crippen LogP contribution in [-0.2, 0) is 16.0 Å². The highest BCUT2D eigenvalue weighted by atomic mass is 79.9. The Morgan fingerprint density at radius 3 is 2.63 bits per heavy atom. The highest BCUT2D eigenvalue weighted by molar-refractivity contribution is 9.10. The lowest BCUT2D eigenvalue weighted by molar-refractivity contribution is -0.115. The Bertz CT molecular complexity index is 807. The molecule has 1 fully saturated rings. The number of morpholine rings is 1. The van der Waals surface area contributed by atoms with Crippen molar-refractivity contribution < 1.29 is 19.0 Å². The molecule has 0 aliphatic carbocycles. The molecule has 27 heavy (non-hydrogen) atoms. The lowest BCUT2D eigenvalue weighted by Gasteiger charge is -2.30. The SMILES string of the molecule is COc1ccc(OC)c(CC(=O)Nc2cc(Br)ccc2N2CCOCC2)c1. The highest BCUT2D eigenvalue weighted by Crippen LogP contribution is 2.31. The van der Waals surface area contributed by atoms with Crippen LogP contribution in [0.3, 0.4) is 0 Å². The zero-order chi connectivity index (χ0) is 19.2. The summed E-state index contributed by atoms with van der Waals surface area (Å²) in [5, 5.41) is 3.04. The molecule has 0 radical (unpaired) electrons. The number of halogens is 1. The first kappa shape index (κ1) is 19.5. The third-order valence-electron chi connectivity index (χ3n) is 4.42. The van der Waals surface area contributed by atoms with Crippen molar-refractivity contribution in [2.45, 2.75) is 6.42 Å². The van der Waals surface area contributed by atoms with Crippen molar-refractivity contribution in [3.8, 4) is 11.5 Å². The molecule has 1 heterocycles. The summed E-state index contributed by atoms with van der Waals surface area (Å²) in [5.41, 5.74) is 2.54. The third kappa shape index (κ3) is 4.93. The predicted molar refractivity (Wildman–Crippen MR) is 109 cm³/mol. The minimum Gasteiger partial charge on any atom is -0.497 e. The summed E-state index contributed by atoms with van der Waals surface area (Å²) < 4.78 is 17.0. The Morgan fingerprint density at radius 1 is 1.15 bits per heavy atom. The van der Waals surface area contributed by atoms with E-state index in [1.807, 2.05) is 30.3 Å². The first-order valence-electron chi connectivity index (χ1n) is 8.73. The maximum Gasteiger partial charge on any atom is 0.228 e. The lowest BCUT2D eigenvalue weighted by atomic mass is 10.1. The van der Waals surface area contributed by atoms with Crippen LogP contribution in [0.4, 0.5) is 11.4 Å². The normalized spacial score (nSPS) is 14.0. The van der Waals surface area contributed by atoms with Crippen LogP contribution in [0, 0.1) is 0 Å². The number of benzene rings is 2. The van der Waals surface area contributed by atoms with Gasteiger partial charge < -0.3 is 24.4 Å².